The minimum Gasteiger partial charge on any atom is -0.365 e. The van der Waals surface area contributed by atoms with Crippen LogP contribution in [-0.4, -0.2) is 9.97 Å². The number of nitriles is 1. The molecule has 0 amide bonds. The first-order valence-corrected chi connectivity index (χ1v) is 6.50. The highest BCUT2D eigenvalue weighted by Crippen LogP contribution is 2.21. The molecule has 0 unspecified atom stereocenters. The third-order valence-electron chi connectivity index (χ3n) is 3.23. The Hall–Kier alpha value is -3.07. The van der Waals surface area contributed by atoms with Gasteiger partial charge in [-0.2, -0.15) is 5.26 Å². The fraction of sp³-hybridized carbons (Fsp3) is 0.0625. The van der Waals surface area contributed by atoms with Crippen LogP contribution in [0.15, 0.2) is 42.7 Å². The molecule has 0 spiro atoms. The Bertz CT molecular complexity index is 887. The molecule has 3 rings (SSSR count). The quantitative estimate of drug-likeness (QED) is 0.804. The summed E-state index contributed by atoms with van der Waals surface area (Å²) in [6.45, 7) is 0.167. The van der Waals surface area contributed by atoms with Gasteiger partial charge in [-0.1, -0.05) is 6.07 Å². The monoisotopic (exact) mass is 296 g/mol. The van der Waals surface area contributed by atoms with Crippen molar-refractivity contribution in [3.05, 3.63) is 65.5 Å². The van der Waals surface area contributed by atoms with Crippen molar-refractivity contribution in [3.8, 4) is 6.07 Å². The molecule has 6 heteroatoms. The van der Waals surface area contributed by atoms with E-state index < -0.39 is 11.6 Å². The summed E-state index contributed by atoms with van der Waals surface area (Å²) in [5, 5.41) is 12.2. The third kappa shape index (κ3) is 2.69. The summed E-state index contributed by atoms with van der Waals surface area (Å²) >= 11 is 0. The summed E-state index contributed by atoms with van der Waals surface area (Å²) in [4.78, 5) is 8.11. The van der Waals surface area contributed by atoms with Crippen LogP contribution in [0, 0.1) is 23.0 Å². The topological polar surface area (TPSA) is 61.6 Å². The zero-order valence-corrected chi connectivity index (χ0v) is 11.3. The first-order chi connectivity index (χ1) is 10.7. The summed E-state index contributed by atoms with van der Waals surface area (Å²) in [5.74, 6) is -0.445. The van der Waals surface area contributed by atoms with Crippen molar-refractivity contribution in [3.63, 3.8) is 0 Å². The van der Waals surface area contributed by atoms with E-state index in [2.05, 4.69) is 15.3 Å². The molecule has 0 aliphatic carbocycles. The van der Waals surface area contributed by atoms with E-state index in [9.17, 15) is 8.78 Å². The fourth-order valence-electron chi connectivity index (χ4n) is 2.11. The lowest BCUT2D eigenvalue weighted by Gasteiger charge is -2.09. The number of benzene rings is 2. The lowest BCUT2D eigenvalue weighted by Crippen LogP contribution is -2.04. The Morgan fingerprint density at radius 3 is 2.73 bits per heavy atom. The predicted molar refractivity (Wildman–Crippen MR) is 77.9 cm³/mol. The number of anilines is 1. The molecule has 108 valence electrons. The first-order valence-electron chi connectivity index (χ1n) is 6.50. The van der Waals surface area contributed by atoms with Crippen LogP contribution in [0.1, 0.15) is 11.1 Å². The van der Waals surface area contributed by atoms with E-state index >= 15 is 0 Å². The molecule has 22 heavy (non-hydrogen) atoms. The maximum Gasteiger partial charge on any atom is 0.137 e. The Morgan fingerprint density at radius 2 is 1.95 bits per heavy atom. The number of hydrogen-bond donors (Lipinski definition) is 1. The minimum absolute atomic E-state index is 0.167. The van der Waals surface area contributed by atoms with Gasteiger partial charge < -0.3 is 5.32 Å². The van der Waals surface area contributed by atoms with Crippen molar-refractivity contribution >= 4 is 16.7 Å². The van der Waals surface area contributed by atoms with E-state index in [-0.39, 0.29) is 12.1 Å². The van der Waals surface area contributed by atoms with E-state index in [1.807, 2.05) is 6.07 Å². The molecule has 1 N–H and O–H groups in total. The van der Waals surface area contributed by atoms with Crippen LogP contribution in [0.5, 0.6) is 0 Å². The second-order valence-corrected chi connectivity index (χ2v) is 4.66. The van der Waals surface area contributed by atoms with Gasteiger partial charge in [0.1, 0.15) is 23.8 Å². The number of rotatable bonds is 3. The van der Waals surface area contributed by atoms with Crippen LogP contribution in [-0.2, 0) is 6.54 Å². The Morgan fingerprint density at radius 1 is 1.09 bits per heavy atom. The smallest absolute Gasteiger partial charge is 0.137 e. The van der Waals surface area contributed by atoms with Crippen LogP contribution < -0.4 is 5.32 Å². The third-order valence-corrected chi connectivity index (χ3v) is 3.23. The van der Waals surface area contributed by atoms with Gasteiger partial charge in [0.2, 0.25) is 0 Å². The molecule has 0 aliphatic heterocycles. The maximum absolute atomic E-state index is 13.8. The number of aromatic nitrogens is 2. The summed E-state index contributed by atoms with van der Waals surface area (Å²) in [7, 11) is 0. The van der Waals surface area contributed by atoms with E-state index in [1.54, 1.807) is 6.07 Å². The standard InChI is InChI=1S/C16H10F2N4/c17-12-3-4-15-13(6-12)16(22-9-21-15)20-8-11-2-1-10(7-19)5-14(11)18/h1-6,9H,8H2,(H,20,21,22). The number of nitrogens with zero attached hydrogens (tertiary/aromatic N) is 3. The Balaban J connectivity index is 1.88. The van der Waals surface area contributed by atoms with Crippen molar-refractivity contribution in [2.24, 2.45) is 0 Å². The molecule has 1 aromatic heterocycles. The Kier molecular flexibility index (Phi) is 3.62. The SMILES string of the molecule is N#Cc1ccc(CNc2ncnc3ccc(F)cc23)c(F)c1. The average molecular weight is 296 g/mol. The van der Waals surface area contributed by atoms with Gasteiger partial charge in [-0.3, -0.25) is 0 Å². The molecule has 0 bridgehead atoms. The summed E-state index contributed by atoms with van der Waals surface area (Å²) in [5.41, 5.74) is 1.25. The fourth-order valence-corrected chi connectivity index (χ4v) is 2.11. The molecule has 0 saturated carbocycles. The summed E-state index contributed by atoms with van der Waals surface area (Å²) in [6, 6.07) is 10.3. The van der Waals surface area contributed by atoms with E-state index in [0.29, 0.717) is 22.3 Å². The summed E-state index contributed by atoms with van der Waals surface area (Å²) < 4.78 is 27.2. The van der Waals surface area contributed by atoms with Crippen LogP contribution >= 0.6 is 0 Å². The van der Waals surface area contributed by atoms with E-state index in [1.165, 1.54) is 36.7 Å². The number of fused-ring (bicyclic) bond motifs is 1. The second-order valence-electron chi connectivity index (χ2n) is 4.66. The molecule has 0 aliphatic rings. The van der Waals surface area contributed by atoms with Crippen molar-refractivity contribution in [2.45, 2.75) is 6.54 Å². The average Bonchev–Trinajstić information content (AvgIpc) is 2.53. The second kappa shape index (κ2) is 5.74. The van der Waals surface area contributed by atoms with Gasteiger partial charge in [0.15, 0.2) is 0 Å². The molecule has 2 aromatic carbocycles. The van der Waals surface area contributed by atoms with Crippen molar-refractivity contribution in [2.75, 3.05) is 5.32 Å². The lowest BCUT2D eigenvalue weighted by atomic mass is 10.1. The first kappa shape index (κ1) is 13.9. The van der Waals surface area contributed by atoms with E-state index in [0.717, 1.165) is 0 Å². The van der Waals surface area contributed by atoms with Crippen molar-refractivity contribution < 1.29 is 8.78 Å². The van der Waals surface area contributed by atoms with Crippen LogP contribution in [0.4, 0.5) is 14.6 Å². The van der Waals surface area contributed by atoms with Crippen molar-refractivity contribution in [1.82, 2.24) is 9.97 Å². The Labute approximate surface area is 125 Å². The highest BCUT2D eigenvalue weighted by atomic mass is 19.1. The van der Waals surface area contributed by atoms with Gasteiger partial charge >= 0.3 is 0 Å². The highest BCUT2D eigenvalue weighted by Gasteiger charge is 2.07. The lowest BCUT2D eigenvalue weighted by molar-refractivity contribution is 0.612. The maximum atomic E-state index is 13.8. The van der Waals surface area contributed by atoms with Gasteiger partial charge in [-0.25, -0.2) is 18.7 Å². The van der Waals surface area contributed by atoms with Gasteiger partial charge in [0.25, 0.3) is 0 Å². The van der Waals surface area contributed by atoms with Crippen LogP contribution in [0.3, 0.4) is 0 Å². The van der Waals surface area contributed by atoms with Crippen LogP contribution in [0.25, 0.3) is 10.9 Å². The molecule has 0 fully saturated rings. The molecular weight excluding hydrogens is 286 g/mol. The minimum atomic E-state index is -0.476. The zero-order valence-electron chi connectivity index (χ0n) is 11.3. The zero-order chi connectivity index (χ0) is 15.5. The number of halogens is 2. The molecule has 0 saturated heterocycles. The van der Waals surface area contributed by atoms with Gasteiger partial charge in [-0.15, -0.1) is 0 Å². The van der Waals surface area contributed by atoms with Crippen molar-refractivity contribution in [1.29, 1.82) is 5.26 Å². The van der Waals surface area contributed by atoms with Gasteiger partial charge in [-0.05, 0) is 30.3 Å². The molecular formula is C16H10F2N4. The van der Waals surface area contributed by atoms with E-state index in [4.69, 9.17) is 5.26 Å². The molecule has 0 radical (unpaired) electrons. The molecule has 4 nitrogen and oxygen atoms in total. The number of hydrogen-bond acceptors (Lipinski definition) is 4. The summed E-state index contributed by atoms with van der Waals surface area (Å²) in [6.07, 6.45) is 1.36. The molecule has 0 atom stereocenters. The highest BCUT2D eigenvalue weighted by molar-refractivity contribution is 5.88. The molecule has 1 heterocycles. The van der Waals surface area contributed by atoms with Gasteiger partial charge in [0, 0.05) is 17.5 Å². The largest absolute Gasteiger partial charge is 0.365 e. The van der Waals surface area contributed by atoms with Gasteiger partial charge in [0.05, 0.1) is 17.1 Å². The molecule has 3 aromatic rings. The normalized spacial score (nSPS) is 10.4. The number of nitrogens with one attached hydrogen (secondary N) is 1. The predicted octanol–water partition coefficient (Wildman–Crippen LogP) is 3.39. The van der Waals surface area contributed by atoms with Crippen LogP contribution in [0.2, 0.25) is 0 Å².